The lowest BCUT2D eigenvalue weighted by Gasteiger charge is -2.01. The molecule has 0 amide bonds. The number of aliphatic hydroxyl groups is 1. The second-order valence-electron chi connectivity index (χ2n) is 4.11. The molecule has 3 rings (SSSR count). The van der Waals surface area contributed by atoms with E-state index in [4.69, 9.17) is 0 Å². The second kappa shape index (κ2) is 3.81. The van der Waals surface area contributed by atoms with Gasteiger partial charge in [-0.15, -0.1) is 0 Å². The largest absolute Gasteiger partial charge is 0.507 e. The van der Waals surface area contributed by atoms with E-state index in [0.29, 0.717) is 16.7 Å². The summed E-state index contributed by atoms with van der Waals surface area (Å²) in [6, 6.07) is 12.5. The number of hydrogen-bond acceptors (Lipinski definition) is 2. The van der Waals surface area contributed by atoms with Crippen molar-refractivity contribution in [1.29, 1.82) is 0 Å². The van der Waals surface area contributed by atoms with Crippen molar-refractivity contribution >= 4 is 17.1 Å². The molecule has 18 heavy (non-hydrogen) atoms. The summed E-state index contributed by atoms with van der Waals surface area (Å²) in [5.74, 6) is -0.786. The van der Waals surface area contributed by atoms with Crippen molar-refractivity contribution in [1.82, 2.24) is 0 Å². The normalized spacial score (nSPS) is 13.9. The molecule has 0 saturated heterocycles. The van der Waals surface area contributed by atoms with Crippen molar-refractivity contribution in [2.24, 2.45) is 0 Å². The van der Waals surface area contributed by atoms with Crippen LogP contribution in [0.5, 0.6) is 0 Å². The Morgan fingerprint density at radius 1 is 0.944 bits per heavy atom. The van der Waals surface area contributed by atoms with Gasteiger partial charge < -0.3 is 5.11 Å². The highest BCUT2D eigenvalue weighted by molar-refractivity contribution is 6.38. The summed E-state index contributed by atoms with van der Waals surface area (Å²) in [4.78, 5) is 12.2. The third-order valence-corrected chi connectivity index (χ3v) is 3.00. The van der Waals surface area contributed by atoms with Gasteiger partial charge in [0.2, 0.25) is 0 Å². The van der Waals surface area contributed by atoms with Crippen molar-refractivity contribution in [3.8, 4) is 0 Å². The summed E-state index contributed by atoms with van der Waals surface area (Å²) in [6.07, 6.45) is 0. The van der Waals surface area contributed by atoms with Crippen LogP contribution < -0.4 is 0 Å². The SMILES string of the molecule is O=C1C(c2cccc(F)c2)=C(O)c2ccccc21. The van der Waals surface area contributed by atoms with Gasteiger partial charge in [-0.2, -0.15) is 0 Å². The van der Waals surface area contributed by atoms with E-state index in [2.05, 4.69) is 0 Å². The first-order chi connectivity index (χ1) is 8.68. The van der Waals surface area contributed by atoms with Crippen LogP contribution in [0.2, 0.25) is 0 Å². The predicted molar refractivity (Wildman–Crippen MR) is 66.6 cm³/mol. The number of Topliss-reactive ketones (excluding diaryl/α,β-unsaturated/α-hetero) is 1. The second-order valence-corrected chi connectivity index (χ2v) is 4.11. The van der Waals surface area contributed by atoms with Crippen LogP contribution in [0.15, 0.2) is 48.5 Å². The van der Waals surface area contributed by atoms with Crippen LogP contribution in [0.25, 0.3) is 11.3 Å². The molecule has 0 heterocycles. The molecule has 3 heteroatoms. The number of carbonyl (C=O) groups excluding carboxylic acids is 1. The number of benzene rings is 2. The molecule has 0 bridgehead atoms. The lowest BCUT2D eigenvalue weighted by atomic mass is 10.0. The van der Waals surface area contributed by atoms with Crippen molar-refractivity contribution in [3.63, 3.8) is 0 Å². The number of halogens is 1. The highest BCUT2D eigenvalue weighted by Crippen LogP contribution is 2.36. The fourth-order valence-corrected chi connectivity index (χ4v) is 2.18. The fraction of sp³-hybridized carbons (Fsp3) is 0. The molecular formula is C15H9FO2. The van der Waals surface area contributed by atoms with Gasteiger partial charge in [-0.3, -0.25) is 4.79 Å². The Morgan fingerprint density at radius 2 is 1.67 bits per heavy atom. The highest BCUT2D eigenvalue weighted by Gasteiger charge is 2.30. The first-order valence-corrected chi connectivity index (χ1v) is 5.52. The first-order valence-electron chi connectivity index (χ1n) is 5.52. The molecular weight excluding hydrogens is 231 g/mol. The van der Waals surface area contributed by atoms with E-state index in [1.807, 2.05) is 0 Å². The van der Waals surface area contributed by atoms with Gasteiger partial charge in [-0.1, -0.05) is 36.4 Å². The number of carbonyl (C=O) groups is 1. The Balaban J connectivity index is 2.21. The van der Waals surface area contributed by atoms with E-state index in [1.54, 1.807) is 30.3 Å². The van der Waals surface area contributed by atoms with Gasteiger partial charge in [0, 0.05) is 11.1 Å². The molecule has 1 aliphatic carbocycles. The van der Waals surface area contributed by atoms with Gasteiger partial charge in [-0.05, 0) is 17.7 Å². The van der Waals surface area contributed by atoms with Crippen LogP contribution in [-0.4, -0.2) is 10.9 Å². The lowest BCUT2D eigenvalue weighted by molar-refractivity contribution is 0.105. The maximum atomic E-state index is 13.2. The van der Waals surface area contributed by atoms with E-state index in [-0.39, 0.29) is 17.1 Å². The topological polar surface area (TPSA) is 37.3 Å². The Morgan fingerprint density at radius 3 is 2.33 bits per heavy atom. The van der Waals surface area contributed by atoms with Gasteiger partial charge in [0.15, 0.2) is 5.78 Å². The molecule has 0 aliphatic heterocycles. The molecule has 0 atom stereocenters. The van der Waals surface area contributed by atoms with Crippen molar-refractivity contribution in [2.45, 2.75) is 0 Å². The van der Waals surface area contributed by atoms with Gasteiger partial charge in [0.05, 0.1) is 5.57 Å². The molecule has 1 N–H and O–H groups in total. The van der Waals surface area contributed by atoms with Crippen LogP contribution in [0.1, 0.15) is 21.5 Å². The van der Waals surface area contributed by atoms with E-state index >= 15 is 0 Å². The summed E-state index contributed by atoms with van der Waals surface area (Å²) >= 11 is 0. The Kier molecular flexibility index (Phi) is 2.27. The van der Waals surface area contributed by atoms with Crippen LogP contribution in [-0.2, 0) is 0 Å². The first kappa shape index (κ1) is 10.7. The minimum Gasteiger partial charge on any atom is -0.507 e. The predicted octanol–water partition coefficient (Wildman–Crippen LogP) is 3.45. The molecule has 88 valence electrons. The van der Waals surface area contributed by atoms with E-state index in [0.717, 1.165) is 0 Å². The summed E-state index contributed by atoms with van der Waals surface area (Å²) < 4.78 is 13.2. The average Bonchev–Trinajstić information content (AvgIpc) is 2.63. The van der Waals surface area contributed by atoms with Crippen LogP contribution in [0.3, 0.4) is 0 Å². The molecule has 0 radical (unpaired) electrons. The molecule has 2 aromatic carbocycles. The molecule has 2 nitrogen and oxygen atoms in total. The molecule has 0 saturated carbocycles. The molecule has 0 aromatic heterocycles. The standard InChI is InChI=1S/C15H9FO2/c16-10-5-3-4-9(8-10)13-14(17)11-6-1-2-7-12(11)15(13)18/h1-8,17H. The van der Waals surface area contributed by atoms with Gasteiger partial charge >= 0.3 is 0 Å². The zero-order valence-electron chi connectivity index (χ0n) is 9.35. The third kappa shape index (κ3) is 1.44. The number of allylic oxidation sites excluding steroid dienone is 1. The van der Waals surface area contributed by atoms with Crippen LogP contribution in [0.4, 0.5) is 4.39 Å². The highest BCUT2D eigenvalue weighted by atomic mass is 19.1. The monoisotopic (exact) mass is 240 g/mol. The number of ketones is 1. The summed E-state index contributed by atoms with van der Waals surface area (Å²) in [7, 11) is 0. The molecule has 0 unspecified atom stereocenters. The van der Waals surface area contributed by atoms with Gasteiger partial charge in [0.1, 0.15) is 11.6 Å². The van der Waals surface area contributed by atoms with Gasteiger partial charge in [0.25, 0.3) is 0 Å². The maximum absolute atomic E-state index is 13.2. The van der Waals surface area contributed by atoms with Crippen LogP contribution >= 0.6 is 0 Å². The maximum Gasteiger partial charge on any atom is 0.198 e. The molecule has 0 spiro atoms. The minimum absolute atomic E-state index is 0.0822. The molecule has 1 aliphatic rings. The lowest BCUT2D eigenvalue weighted by Crippen LogP contribution is -1.98. The minimum atomic E-state index is -0.434. The average molecular weight is 240 g/mol. The number of aliphatic hydroxyl groups excluding tert-OH is 1. The number of fused-ring (bicyclic) bond motifs is 1. The zero-order chi connectivity index (χ0) is 12.7. The Labute approximate surface area is 103 Å². The van der Waals surface area contributed by atoms with Crippen molar-refractivity contribution < 1.29 is 14.3 Å². The van der Waals surface area contributed by atoms with E-state index in [1.165, 1.54) is 18.2 Å². The summed E-state index contributed by atoms with van der Waals surface area (Å²) in [6.45, 7) is 0. The Bertz CT molecular complexity index is 686. The smallest absolute Gasteiger partial charge is 0.198 e. The van der Waals surface area contributed by atoms with Crippen molar-refractivity contribution in [3.05, 3.63) is 71.0 Å². The van der Waals surface area contributed by atoms with Crippen LogP contribution in [0, 0.1) is 5.82 Å². The van der Waals surface area contributed by atoms with E-state index in [9.17, 15) is 14.3 Å². The van der Waals surface area contributed by atoms with Crippen molar-refractivity contribution in [2.75, 3.05) is 0 Å². The van der Waals surface area contributed by atoms with Gasteiger partial charge in [-0.25, -0.2) is 4.39 Å². The summed E-state index contributed by atoms with van der Waals surface area (Å²) in [5.41, 5.74) is 1.51. The molecule has 0 fully saturated rings. The quantitative estimate of drug-likeness (QED) is 0.828. The fourth-order valence-electron chi connectivity index (χ4n) is 2.18. The number of hydrogen-bond donors (Lipinski definition) is 1. The Hall–Kier alpha value is -2.42. The third-order valence-electron chi connectivity index (χ3n) is 3.00. The zero-order valence-corrected chi connectivity index (χ0v) is 9.35. The summed E-state index contributed by atoms with van der Waals surface area (Å²) in [5, 5.41) is 10.1. The number of rotatable bonds is 1. The van der Waals surface area contributed by atoms with E-state index < -0.39 is 5.82 Å². The molecule has 2 aromatic rings.